The van der Waals surface area contributed by atoms with E-state index in [0.717, 1.165) is 33.5 Å². The molecule has 1 amide bonds. The smallest absolute Gasteiger partial charge is 0.261 e. The molecule has 0 bridgehead atoms. The third-order valence-corrected chi connectivity index (χ3v) is 15.7. The van der Waals surface area contributed by atoms with Crippen LogP contribution in [0.4, 0.5) is 0 Å². The fourth-order valence-electron chi connectivity index (χ4n) is 7.72. The molecule has 0 aromatic heterocycles. The third kappa shape index (κ3) is 9.44. The van der Waals surface area contributed by atoms with E-state index >= 15 is 0 Å². The molecule has 0 radical (unpaired) electrons. The number of nitrogens with one attached hydrogen (secondary N) is 2. The summed E-state index contributed by atoms with van der Waals surface area (Å²) in [4.78, 5) is 17.8. The SMILES string of the molecule is CC[C@H](C)[C@H](N=[N+]=[N-])[C@@H](O)CN[C@H](CO[Si](c1ccccc1)(c1ccccc1)C(C)(C)C)CC(=O)NC(c1ccccc1)(c1ccccc1)c1ccccc1. The molecule has 4 atom stereocenters. The number of hydrogen-bond donors (Lipinski definition) is 3. The zero-order chi connectivity index (χ0) is 39.3. The first-order chi connectivity index (χ1) is 26.6. The minimum Gasteiger partial charge on any atom is -0.406 e. The Kier molecular flexibility index (Phi) is 14.2. The van der Waals surface area contributed by atoms with Gasteiger partial charge in [0.05, 0.1) is 18.8 Å². The molecule has 0 heterocycles. The van der Waals surface area contributed by atoms with Gasteiger partial charge in [-0.25, -0.2) is 0 Å². The second kappa shape index (κ2) is 19.0. The molecule has 0 aliphatic carbocycles. The summed E-state index contributed by atoms with van der Waals surface area (Å²) in [6.07, 6.45) is -0.181. The molecule has 0 fully saturated rings. The predicted octanol–water partition coefficient (Wildman–Crippen LogP) is 8.11. The number of carbonyl (C=O) groups excluding carboxylic acids is 1. The van der Waals surface area contributed by atoms with E-state index in [2.05, 4.69) is 90.0 Å². The van der Waals surface area contributed by atoms with Gasteiger partial charge in [0.1, 0.15) is 5.54 Å². The van der Waals surface area contributed by atoms with Crippen LogP contribution in [0.15, 0.2) is 157 Å². The van der Waals surface area contributed by atoms with Crippen LogP contribution in [0.25, 0.3) is 10.4 Å². The Labute approximate surface area is 327 Å². The zero-order valence-corrected chi connectivity index (χ0v) is 33.7. The molecule has 5 rings (SSSR count). The Balaban J connectivity index is 1.56. The lowest BCUT2D eigenvalue weighted by Crippen LogP contribution is -2.67. The summed E-state index contributed by atoms with van der Waals surface area (Å²) in [7, 11) is -2.98. The molecule has 5 aromatic rings. The van der Waals surface area contributed by atoms with Crippen molar-refractivity contribution in [3.8, 4) is 0 Å². The lowest BCUT2D eigenvalue weighted by Gasteiger charge is -2.44. The molecule has 55 heavy (non-hydrogen) atoms. The normalized spacial score (nSPS) is 14.2. The number of nitrogens with zero attached hydrogens (tertiary/aromatic N) is 3. The molecule has 3 N–H and O–H groups in total. The Hall–Kier alpha value is -5.02. The average Bonchev–Trinajstić information content (AvgIpc) is 3.22. The van der Waals surface area contributed by atoms with Crippen LogP contribution in [-0.4, -0.2) is 50.7 Å². The second-order valence-electron chi connectivity index (χ2n) is 15.3. The first-order valence-electron chi connectivity index (χ1n) is 19.2. The maximum atomic E-state index is 14.8. The highest BCUT2D eigenvalue weighted by atomic mass is 28.4. The Morgan fingerprint density at radius 1 is 0.764 bits per heavy atom. The molecule has 286 valence electrons. The summed E-state index contributed by atoms with van der Waals surface area (Å²) in [6, 6.07) is 49.8. The highest BCUT2D eigenvalue weighted by molar-refractivity contribution is 6.99. The zero-order valence-electron chi connectivity index (χ0n) is 32.7. The molecule has 0 spiro atoms. The van der Waals surface area contributed by atoms with Gasteiger partial charge >= 0.3 is 0 Å². The summed E-state index contributed by atoms with van der Waals surface area (Å²) in [5.41, 5.74) is 11.1. The molecular formula is C46H55N5O3Si. The Bertz CT molecular complexity index is 1820. The lowest BCUT2D eigenvalue weighted by atomic mass is 9.77. The average molecular weight is 754 g/mol. The van der Waals surface area contributed by atoms with Crippen LogP contribution in [0.5, 0.6) is 0 Å². The molecule has 9 heteroatoms. The van der Waals surface area contributed by atoms with Crippen molar-refractivity contribution in [2.45, 2.75) is 76.2 Å². The number of azide groups is 1. The topological polar surface area (TPSA) is 119 Å². The van der Waals surface area contributed by atoms with Crippen molar-refractivity contribution in [3.63, 3.8) is 0 Å². The fraction of sp³-hybridized carbons (Fsp3) is 0.326. The van der Waals surface area contributed by atoms with Crippen molar-refractivity contribution in [2.75, 3.05) is 13.2 Å². The van der Waals surface area contributed by atoms with Crippen LogP contribution in [0.3, 0.4) is 0 Å². The van der Waals surface area contributed by atoms with E-state index in [4.69, 9.17) is 4.43 Å². The number of hydrogen-bond acceptors (Lipinski definition) is 5. The van der Waals surface area contributed by atoms with Gasteiger partial charge < -0.3 is 20.2 Å². The summed E-state index contributed by atoms with van der Waals surface area (Å²) < 4.78 is 7.36. The molecule has 0 saturated heterocycles. The molecular weight excluding hydrogens is 699 g/mol. The number of carbonyl (C=O) groups is 1. The van der Waals surface area contributed by atoms with Crippen LogP contribution < -0.4 is 21.0 Å². The van der Waals surface area contributed by atoms with Gasteiger partial charge in [0.25, 0.3) is 8.32 Å². The lowest BCUT2D eigenvalue weighted by molar-refractivity contribution is -0.123. The first kappa shape index (κ1) is 41.1. The van der Waals surface area contributed by atoms with E-state index in [9.17, 15) is 15.4 Å². The number of aliphatic hydroxyl groups excluding tert-OH is 1. The molecule has 5 aromatic carbocycles. The standard InChI is InChI=1S/C46H55N5O3Si/c1-6-35(2)44(50-51-47)42(52)33-48-39(34-54-55(45(3,4)5,40-28-18-10-19-29-40)41-30-20-11-21-31-41)32-43(53)49-46(36-22-12-7-13-23-36,37-24-14-8-15-25-37)38-26-16-9-17-27-38/h7-31,35,39,42,44,48,52H,6,32-34H2,1-5H3,(H,49,53)/t35-,39-,42-,44-/m0/s1. The Morgan fingerprint density at radius 3 is 1.56 bits per heavy atom. The number of amides is 1. The maximum Gasteiger partial charge on any atom is 0.261 e. The van der Waals surface area contributed by atoms with Gasteiger partial charge in [-0.2, -0.15) is 0 Å². The quantitative estimate of drug-likeness (QED) is 0.0276. The molecule has 0 saturated carbocycles. The van der Waals surface area contributed by atoms with Crippen molar-refractivity contribution < 1.29 is 14.3 Å². The van der Waals surface area contributed by atoms with Crippen molar-refractivity contribution in [3.05, 3.63) is 179 Å². The van der Waals surface area contributed by atoms with Crippen LogP contribution in [-0.2, 0) is 14.8 Å². The minimum atomic E-state index is -2.98. The predicted molar refractivity (Wildman–Crippen MR) is 226 cm³/mol. The van der Waals surface area contributed by atoms with Crippen LogP contribution in [0.1, 0.15) is 64.2 Å². The summed E-state index contributed by atoms with van der Waals surface area (Å²) >= 11 is 0. The number of aliphatic hydroxyl groups is 1. The second-order valence-corrected chi connectivity index (χ2v) is 19.6. The van der Waals surface area contributed by atoms with E-state index in [-0.39, 0.29) is 36.4 Å². The summed E-state index contributed by atoms with van der Waals surface area (Å²) in [5.74, 6) is -0.228. The first-order valence-corrected chi connectivity index (χ1v) is 21.2. The van der Waals surface area contributed by atoms with Crippen molar-refractivity contribution >= 4 is 24.6 Å². The number of benzene rings is 5. The molecule has 0 aliphatic rings. The summed E-state index contributed by atoms with van der Waals surface area (Å²) in [5, 5.41) is 24.4. The van der Waals surface area contributed by atoms with Gasteiger partial charge in [-0.1, -0.05) is 198 Å². The van der Waals surface area contributed by atoms with E-state index in [1.54, 1.807) is 0 Å². The highest BCUT2D eigenvalue weighted by Crippen LogP contribution is 2.38. The molecule has 0 aliphatic heterocycles. The van der Waals surface area contributed by atoms with Crippen LogP contribution in [0, 0.1) is 5.92 Å². The van der Waals surface area contributed by atoms with Gasteiger partial charge in [0.15, 0.2) is 0 Å². The highest BCUT2D eigenvalue weighted by Gasteiger charge is 2.50. The maximum absolute atomic E-state index is 14.8. The van der Waals surface area contributed by atoms with E-state index in [1.165, 1.54) is 0 Å². The fourth-order valence-corrected chi connectivity index (χ4v) is 12.3. The largest absolute Gasteiger partial charge is 0.406 e. The van der Waals surface area contributed by atoms with Gasteiger partial charge in [-0.15, -0.1) is 0 Å². The minimum absolute atomic E-state index is 0.0361. The monoisotopic (exact) mass is 753 g/mol. The Morgan fingerprint density at radius 2 is 1.18 bits per heavy atom. The van der Waals surface area contributed by atoms with Crippen LogP contribution in [0.2, 0.25) is 5.04 Å². The van der Waals surface area contributed by atoms with Crippen LogP contribution >= 0.6 is 0 Å². The van der Waals surface area contributed by atoms with E-state index in [0.29, 0.717) is 0 Å². The van der Waals surface area contributed by atoms with E-state index < -0.39 is 32.0 Å². The van der Waals surface area contributed by atoms with Gasteiger partial charge in [-0.05, 0) is 43.6 Å². The van der Waals surface area contributed by atoms with Gasteiger partial charge in [-0.3, -0.25) is 4.79 Å². The van der Waals surface area contributed by atoms with Crippen molar-refractivity contribution in [2.24, 2.45) is 11.0 Å². The molecule has 8 nitrogen and oxygen atoms in total. The van der Waals surface area contributed by atoms with Crippen molar-refractivity contribution in [1.29, 1.82) is 0 Å². The molecule has 0 unspecified atom stereocenters. The van der Waals surface area contributed by atoms with Gasteiger partial charge in [0, 0.05) is 23.9 Å². The van der Waals surface area contributed by atoms with Crippen molar-refractivity contribution in [1.82, 2.24) is 10.6 Å². The summed E-state index contributed by atoms with van der Waals surface area (Å²) in [6.45, 7) is 11.0. The van der Waals surface area contributed by atoms with Gasteiger partial charge in [0.2, 0.25) is 5.91 Å². The number of rotatable bonds is 18. The third-order valence-electron chi connectivity index (χ3n) is 10.7. The van der Waals surface area contributed by atoms with E-state index in [1.807, 2.05) is 117 Å².